The van der Waals surface area contributed by atoms with Gasteiger partial charge in [0.25, 0.3) is 0 Å². The maximum atomic E-state index is 6.15. The number of hydrogen-bond donors (Lipinski definition) is 1. The van der Waals surface area contributed by atoms with E-state index in [4.69, 9.17) is 10.8 Å². The van der Waals surface area contributed by atoms with Gasteiger partial charge in [0.05, 0.1) is 11.4 Å². The van der Waals surface area contributed by atoms with E-state index < -0.39 is 0 Å². The van der Waals surface area contributed by atoms with Crippen molar-refractivity contribution < 1.29 is 0 Å². The van der Waals surface area contributed by atoms with Crippen LogP contribution in [-0.2, 0) is 0 Å². The Morgan fingerprint density at radius 2 is 1.83 bits per heavy atom. The number of anilines is 1. The molecular weight excluding hydrogens is 288 g/mol. The van der Waals surface area contributed by atoms with E-state index in [0.29, 0.717) is 11.9 Å². The van der Waals surface area contributed by atoms with Crippen molar-refractivity contribution >= 4 is 16.9 Å². The monoisotopic (exact) mass is 308 g/mol. The number of likely N-dealkylation sites (tertiary alicyclic amines) is 1. The number of fused-ring (bicyclic) bond motifs is 1. The van der Waals surface area contributed by atoms with E-state index in [1.807, 2.05) is 30.3 Å². The fourth-order valence-corrected chi connectivity index (χ4v) is 3.29. The SMILES string of the molecule is CN1CCC(n2nc(-c3ccccc3)c3c(N)ncnc32)CC1. The number of piperidine rings is 1. The van der Waals surface area contributed by atoms with Crippen molar-refractivity contribution in [2.24, 2.45) is 0 Å². The lowest BCUT2D eigenvalue weighted by molar-refractivity contribution is 0.215. The fraction of sp³-hybridized carbons (Fsp3) is 0.353. The van der Waals surface area contributed by atoms with Crippen LogP contribution in [0.25, 0.3) is 22.3 Å². The second kappa shape index (κ2) is 5.62. The number of nitrogens with two attached hydrogens (primary N) is 1. The first-order valence-corrected chi connectivity index (χ1v) is 7.96. The van der Waals surface area contributed by atoms with E-state index in [9.17, 15) is 0 Å². The first-order chi connectivity index (χ1) is 11.2. The Balaban J connectivity index is 1.88. The summed E-state index contributed by atoms with van der Waals surface area (Å²) in [6.45, 7) is 2.15. The maximum absolute atomic E-state index is 6.15. The van der Waals surface area contributed by atoms with E-state index in [1.165, 1.54) is 6.33 Å². The molecule has 3 heterocycles. The van der Waals surface area contributed by atoms with Crippen LogP contribution in [0.15, 0.2) is 36.7 Å². The molecule has 0 unspecified atom stereocenters. The number of nitrogens with zero attached hydrogens (tertiary/aromatic N) is 5. The number of aromatic nitrogens is 4. The van der Waals surface area contributed by atoms with E-state index in [2.05, 4.69) is 26.6 Å². The lowest BCUT2D eigenvalue weighted by Gasteiger charge is -2.29. The molecule has 3 aromatic rings. The van der Waals surface area contributed by atoms with Crippen molar-refractivity contribution in [3.05, 3.63) is 36.7 Å². The molecule has 1 aliphatic heterocycles. The molecule has 2 N–H and O–H groups in total. The zero-order valence-electron chi connectivity index (χ0n) is 13.2. The molecule has 0 aliphatic carbocycles. The quantitative estimate of drug-likeness (QED) is 0.786. The minimum atomic E-state index is 0.362. The Kier molecular flexibility index (Phi) is 3.46. The molecule has 1 fully saturated rings. The topological polar surface area (TPSA) is 72.9 Å². The Morgan fingerprint density at radius 1 is 1.09 bits per heavy atom. The third kappa shape index (κ3) is 2.45. The van der Waals surface area contributed by atoms with Gasteiger partial charge < -0.3 is 10.6 Å². The number of rotatable bonds is 2. The molecule has 23 heavy (non-hydrogen) atoms. The minimum absolute atomic E-state index is 0.362. The Labute approximate surface area is 135 Å². The van der Waals surface area contributed by atoms with Gasteiger partial charge in [0.15, 0.2) is 5.65 Å². The Bertz CT molecular complexity index is 818. The van der Waals surface area contributed by atoms with Gasteiger partial charge in [-0.05, 0) is 33.0 Å². The van der Waals surface area contributed by atoms with Gasteiger partial charge in [-0.15, -0.1) is 0 Å². The highest BCUT2D eigenvalue weighted by atomic mass is 15.3. The molecular formula is C17H20N6. The van der Waals surface area contributed by atoms with Crippen LogP contribution in [0.3, 0.4) is 0 Å². The molecule has 0 amide bonds. The third-order valence-corrected chi connectivity index (χ3v) is 4.60. The van der Waals surface area contributed by atoms with Crippen molar-refractivity contribution in [2.75, 3.05) is 25.9 Å². The average Bonchev–Trinajstić information content (AvgIpc) is 2.97. The summed E-state index contributed by atoms with van der Waals surface area (Å²) in [6, 6.07) is 10.5. The standard InChI is InChI=1S/C17H20N6/c1-22-9-7-13(8-10-22)23-17-14(16(18)19-11-20-17)15(21-23)12-5-3-2-4-6-12/h2-6,11,13H,7-10H2,1H3,(H2,18,19,20). The third-order valence-electron chi connectivity index (χ3n) is 4.60. The summed E-state index contributed by atoms with van der Waals surface area (Å²) < 4.78 is 2.06. The normalized spacial score (nSPS) is 16.9. The summed E-state index contributed by atoms with van der Waals surface area (Å²) in [5, 5.41) is 5.74. The summed E-state index contributed by atoms with van der Waals surface area (Å²) in [6.07, 6.45) is 3.68. The number of nitrogen functional groups attached to an aromatic ring is 1. The maximum Gasteiger partial charge on any atom is 0.164 e. The largest absolute Gasteiger partial charge is 0.383 e. The Hall–Kier alpha value is -2.47. The van der Waals surface area contributed by atoms with E-state index in [1.54, 1.807) is 0 Å². The van der Waals surface area contributed by atoms with Gasteiger partial charge in [0.1, 0.15) is 17.8 Å². The number of benzene rings is 1. The molecule has 4 rings (SSSR count). The molecule has 1 aromatic carbocycles. The molecule has 1 saturated heterocycles. The molecule has 118 valence electrons. The highest BCUT2D eigenvalue weighted by molar-refractivity contribution is 5.98. The molecule has 1 aliphatic rings. The second-order valence-corrected chi connectivity index (χ2v) is 6.15. The molecule has 0 spiro atoms. The van der Waals surface area contributed by atoms with Crippen molar-refractivity contribution in [1.82, 2.24) is 24.6 Å². The van der Waals surface area contributed by atoms with Gasteiger partial charge >= 0.3 is 0 Å². The van der Waals surface area contributed by atoms with Gasteiger partial charge in [-0.25, -0.2) is 14.6 Å². The zero-order chi connectivity index (χ0) is 15.8. The summed E-state index contributed by atoms with van der Waals surface area (Å²) in [4.78, 5) is 11.0. The summed E-state index contributed by atoms with van der Waals surface area (Å²) in [5.74, 6) is 0.494. The average molecular weight is 308 g/mol. The summed E-state index contributed by atoms with van der Waals surface area (Å²) in [7, 11) is 2.16. The predicted octanol–water partition coefficient (Wildman–Crippen LogP) is 2.34. The zero-order valence-corrected chi connectivity index (χ0v) is 13.2. The Morgan fingerprint density at radius 3 is 2.57 bits per heavy atom. The molecule has 0 radical (unpaired) electrons. The van der Waals surface area contributed by atoms with Gasteiger partial charge in [0.2, 0.25) is 0 Å². The van der Waals surface area contributed by atoms with Gasteiger partial charge in [-0.3, -0.25) is 0 Å². The summed E-state index contributed by atoms with van der Waals surface area (Å²) in [5.41, 5.74) is 8.91. The van der Waals surface area contributed by atoms with E-state index in [0.717, 1.165) is 48.2 Å². The highest BCUT2D eigenvalue weighted by Gasteiger charge is 2.24. The van der Waals surface area contributed by atoms with Crippen LogP contribution >= 0.6 is 0 Å². The first-order valence-electron chi connectivity index (χ1n) is 7.96. The first kappa shape index (κ1) is 14.1. The van der Waals surface area contributed by atoms with Crippen molar-refractivity contribution in [2.45, 2.75) is 18.9 Å². The van der Waals surface area contributed by atoms with E-state index >= 15 is 0 Å². The lowest BCUT2D eigenvalue weighted by Crippen LogP contribution is -2.31. The van der Waals surface area contributed by atoms with Crippen LogP contribution < -0.4 is 5.73 Å². The molecule has 0 bridgehead atoms. The smallest absolute Gasteiger partial charge is 0.164 e. The molecule has 6 nitrogen and oxygen atoms in total. The fourth-order valence-electron chi connectivity index (χ4n) is 3.29. The van der Waals surface area contributed by atoms with Crippen LogP contribution in [0, 0.1) is 0 Å². The van der Waals surface area contributed by atoms with Crippen LogP contribution in [0.2, 0.25) is 0 Å². The van der Waals surface area contributed by atoms with Gasteiger partial charge in [-0.1, -0.05) is 30.3 Å². The number of hydrogen-bond acceptors (Lipinski definition) is 5. The van der Waals surface area contributed by atoms with Crippen LogP contribution in [0.4, 0.5) is 5.82 Å². The lowest BCUT2D eigenvalue weighted by atomic mass is 10.1. The van der Waals surface area contributed by atoms with Crippen molar-refractivity contribution in [3.63, 3.8) is 0 Å². The molecule has 2 aromatic heterocycles. The van der Waals surface area contributed by atoms with Gasteiger partial charge in [-0.2, -0.15) is 5.10 Å². The van der Waals surface area contributed by atoms with Crippen molar-refractivity contribution in [1.29, 1.82) is 0 Å². The van der Waals surface area contributed by atoms with E-state index in [-0.39, 0.29) is 0 Å². The van der Waals surface area contributed by atoms with Crippen LogP contribution in [0.5, 0.6) is 0 Å². The molecule has 0 saturated carbocycles. The van der Waals surface area contributed by atoms with Gasteiger partial charge in [0, 0.05) is 5.56 Å². The van der Waals surface area contributed by atoms with Crippen LogP contribution in [-0.4, -0.2) is 44.8 Å². The second-order valence-electron chi connectivity index (χ2n) is 6.15. The minimum Gasteiger partial charge on any atom is -0.383 e. The summed E-state index contributed by atoms with van der Waals surface area (Å²) >= 11 is 0. The molecule has 0 atom stereocenters. The highest BCUT2D eigenvalue weighted by Crippen LogP contribution is 2.33. The molecule has 6 heteroatoms. The van der Waals surface area contributed by atoms with Crippen molar-refractivity contribution in [3.8, 4) is 11.3 Å². The van der Waals surface area contributed by atoms with Crippen LogP contribution in [0.1, 0.15) is 18.9 Å². The predicted molar refractivity (Wildman–Crippen MR) is 90.9 cm³/mol.